The molecule has 2 aliphatic heterocycles. The molecule has 5 heteroatoms. The Balaban J connectivity index is 0.000000217. The zero-order valence-corrected chi connectivity index (χ0v) is 28.8. The molecule has 0 nitrogen and oxygen atoms in total. The van der Waals surface area contributed by atoms with Gasteiger partial charge < -0.3 is 24.8 Å². The van der Waals surface area contributed by atoms with Crippen molar-refractivity contribution in [1.82, 2.24) is 0 Å². The minimum Gasteiger partial charge on any atom is -1.00 e. The van der Waals surface area contributed by atoms with E-state index in [1.165, 1.54) is 34.2 Å². The Kier molecular flexibility index (Phi) is 9.62. The first-order valence-corrected chi connectivity index (χ1v) is 18.3. The second-order valence-corrected chi connectivity index (χ2v) is 18.6. The Labute approximate surface area is 257 Å². The number of hydrogen-bond acceptors (Lipinski definition) is 1. The monoisotopic (exact) mass is 641 g/mol. The molecule has 2 aromatic carbocycles. The molecule has 2 unspecified atom stereocenters. The molecule has 193 valence electrons. The third-order valence-electron chi connectivity index (χ3n) is 8.19. The molecule has 0 aromatic heterocycles. The van der Waals surface area contributed by atoms with Gasteiger partial charge in [0.2, 0.25) is 0 Å². The van der Waals surface area contributed by atoms with Gasteiger partial charge in [-0.15, -0.1) is 0 Å². The molecule has 4 aliphatic rings. The van der Waals surface area contributed by atoms with E-state index >= 15 is 0 Å². The summed E-state index contributed by atoms with van der Waals surface area (Å²) in [4.78, 5) is 3.32. The van der Waals surface area contributed by atoms with Crippen molar-refractivity contribution < 1.29 is 49.5 Å². The molecule has 0 spiro atoms. The summed E-state index contributed by atoms with van der Waals surface area (Å²) in [5.74, 6) is 0.793. The Morgan fingerprint density at radius 1 is 0.919 bits per heavy atom. The Hall–Kier alpha value is -0.570. The van der Waals surface area contributed by atoms with Gasteiger partial charge in [-0.2, -0.15) is 0 Å². The fourth-order valence-electron chi connectivity index (χ4n) is 6.06. The van der Waals surface area contributed by atoms with Crippen LogP contribution in [0.15, 0.2) is 80.4 Å². The van der Waals surface area contributed by atoms with Crippen LogP contribution in [0.2, 0.25) is 13.1 Å². The molecule has 2 heterocycles. The van der Waals surface area contributed by atoms with Crippen molar-refractivity contribution in [3.8, 4) is 11.1 Å². The van der Waals surface area contributed by atoms with E-state index in [-0.39, 0.29) is 30.2 Å². The van der Waals surface area contributed by atoms with Gasteiger partial charge in [-0.05, 0) is 16.2 Å². The minimum absolute atomic E-state index is 0. The van der Waals surface area contributed by atoms with Gasteiger partial charge in [-0.25, -0.2) is 0 Å². The molecule has 0 saturated carbocycles. The third kappa shape index (κ3) is 5.30. The van der Waals surface area contributed by atoms with Crippen LogP contribution >= 0.6 is 11.8 Å². The van der Waals surface area contributed by atoms with Crippen molar-refractivity contribution in [2.75, 3.05) is 0 Å². The molecule has 2 aliphatic carbocycles. The van der Waals surface area contributed by atoms with Crippen LogP contribution in [0.1, 0.15) is 67.8 Å². The zero-order chi connectivity index (χ0) is 25.1. The SMILES string of the molecule is CCC1=C2C3C(=CC=C3[Si]2(C)C)S1.CCC1=Cc2c(-c3ccc(C(C)(C)C)cc3)cccc2[CH]1[Zr+2].[Cl-].[Cl-]. The average Bonchev–Trinajstić information content (AvgIpc) is 3.47. The standard InChI is InChI=1S/C21H23.C11H14SSi.2ClH.Zr/c1-5-15-13-17-7-6-8-19(20(17)14-15)16-9-11-18(12-10-16)21(2,3)4;1-4-7-11-10-8(12-7)5-6-9(10)13(11,2)3;;;/h6-14H,5H2,1-4H3;5-6,10H,4H2,1-3H3;2*1H;/q;;;;+2/p-2. The van der Waals surface area contributed by atoms with Crippen molar-refractivity contribution in [1.29, 1.82) is 0 Å². The van der Waals surface area contributed by atoms with Crippen LogP contribution in [0.4, 0.5) is 0 Å². The van der Waals surface area contributed by atoms with Gasteiger partial charge in [0.25, 0.3) is 0 Å². The maximum absolute atomic E-state index is 2.50. The normalized spacial score (nSPS) is 21.8. The molecule has 1 saturated heterocycles. The van der Waals surface area contributed by atoms with Gasteiger partial charge in [0.05, 0.1) is 0 Å². The zero-order valence-electron chi connectivity index (χ0n) is 23.0. The summed E-state index contributed by atoms with van der Waals surface area (Å²) in [6.45, 7) is 16.4. The fourth-order valence-corrected chi connectivity index (χ4v) is 13.2. The fraction of sp³-hybridized carbons (Fsp3) is 0.375. The van der Waals surface area contributed by atoms with Crippen molar-refractivity contribution in [3.63, 3.8) is 0 Å². The molecule has 2 atom stereocenters. The summed E-state index contributed by atoms with van der Waals surface area (Å²) < 4.78 is 0.654. The molecule has 0 radical (unpaired) electrons. The molecule has 0 amide bonds. The van der Waals surface area contributed by atoms with E-state index in [1.807, 2.05) is 5.20 Å². The Morgan fingerprint density at radius 3 is 2.19 bits per heavy atom. The molecule has 37 heavy (non-hydrogen) atoms. The summed E-state index contributed by atoms with van der Waals surface area (Å²) in [5.41, 5.74) is 8.89. The number of halogens is 2. The van der Waals surface area contributed by atoms with E-state index < -0.39 is 8.07 Å². The predicted molar refractivity (Wildman–Crippen MR) is 154 cm³/mol. The first-order valence-electron chi connectivity index (χ1n) is 13.1. The quantitative estimate of drug-likeness (QED) is 0.460. The van der Waals surface area contributed by atoms with Crippen molar-refractivity contribution in [3.05, 3.63) is 97.1 Å². The first-order chi connectivity index (χ1) is 16.6. The van der Waals surface area contributed by atoms with Crippen LogP contribution in [-0.4, -0.2) is 8.07 Å². The van der Waals surface area contributed by atoms with Crippen LogP contribution < -0.4 is 24.8 Å². The molecule has 6 rings (SSSR count). The van der Waals surface area contributed by atoms with Crippen LogP contribution in [0.5, 0.6) is 0 Å². The van der Waals surface area contributed by atoms with Gasteiger partial charge >= 0.3 is 150 Å². The van der Waals surface area contributed by atoms with E-state index in [1.54, 1.807) is 45.3 Å². The Bertz CT molecular complexity index is 1310. The second-order valence-electron chi connectivity index (χ2n) is 11.7. The third-order valence-corrected chi connectivity index (χ3v) is 15.2. The van der Waals surface area contributed by atoms with Gasteiger partial charge in [0.15, 0.2) is 0 Å². The predicted octanol–water partition coefficient (Wildman–Crippen LogP) is 3.69. The van der Waals surface area contributed by atoms with Crippen molar-refractivity contribution in [2.24, 2.45) is 5.92 Å². The molecule has 1 fully saturated rings. The smallest absolute Gasteiger partial charge is 1.00 e. The molecule has 0 N–H and O–H groups in total. The largest absolute Gasteiger partial charge is 1.00 e. The number of hydrogen-bond donors (Lipinski definition) is 0. The van der Waals surface area contributed by atoms with Crippen molar-refractivity contribution >= 4 is 25.9 Å². The van der Waals surface area contributed by atoms with E-state index in [0.717, 1.165) is 12.3 Å². The average molecular weight is 644 g/mol. The molecular formula is C32H37Cl2SSiZr. The Morgan fingerprint density at radius 2 is 1.59 bits per heavy atom. The topological polar surface area (TPSA) is 0 Å². The second kappa shape index (κ2) is 11.5. The maximum atomic E-state index is 2.50. The van der Waals surface area contributed by atoms with Gasteiger partial charge in [0.1, 0.15) is 8.07 Å². The van der Waals surface area contributed by atoms with E-state index in [2.05, 4.69) is 120 Å². The maximum Gasteiger partial charge on any atom is -1.00 e. The van der Waals surface area contributed by atoms with E-state index in [0.29, 0.717) is 3.63 Å². The van der Waals surface area contributed by atoms with Gasteiger partial charge in [-0.3, -0.25) is 0 Å². The van der Waals surface area contributed by atoms with Crippen LogP contribution in [0, 0.1) is 5.92 Å². The summed E-state index contributed by atoms with van der Waals surface area (Å²) in [5, 5.41) is 3.64. The molecule has 0 bridgehead atoms. The number of benzene rings is 2. The van der Waals surface area contributed by atoms with E-state index in [9.17, 15) is 0 Å². The molecule has 2 aromatic rings. The summed E-state index contributed by atoms with van der Waals surface area (Å²) in [6.07, 6.45) is 9.59. The summed E-state index contributed by atoms with van der Waals surface area (Å²) in [7, 11) is -1.08. The van der Waals surface area contributed by atoms with Gasteiger partial charge in [0, 0.05) is 5.92 Å². The number of fused-ring (bicyclic) bond motifs is 1. The first kappa shape index (κ1) is 31.0. The molecular weight excluding hydrogens is 607 g/mol. The summed E-state index contributed by atoms with van der Waals surface area (Å²) in [6, 6.07) is 15.9. The van der Waals surface area contributed by atoms with Crippen LogP contribution in [-0.2, 0) is 30.1 Å². The van der Waals surface area contributed by atoms with E-state index in [4.69, 9.17) is 0 Å². The summed E-state index contributed by atoms with van der Waals surface area (Å²) >= 11 is 3.66. The van der Waals surface area contributed by atoms with Gasteiger partial charge in [-0.1, -0.05) is 54.3 Å². The van der Waals surface area contributed by atoms with Crippen LogP contribution in [0.3, 0.4) is 0 Å². The minimum atomic E-state index is -1.08. The number of thioether (sulfide) groups is 1. The van der Waals surface area contributed by atoms with Crippen molar-refractivity contribution in [2.45, 2.75) is 69.6 Å². The van der Waals surface area contributed by atoms with Crippen LogP contribution in [0.25, 0.3) is 17.2 Å². The number of rotatable bonds is 3. The number of allylic oxidation sites excluding steroid dienone is 7.